The van der Waals surface area contributed by atoms with Gasteiger partial charge in [0.1, 0.15) is 12.4 Å². The number of carbonyl (C=O) groups is 2. The third-order valence-corrected chi connectivity index (χ3v) is 7.13. The van der Waals surface area contributed by atoms with E-state index in [1.807, 2.05) is 17.0 Å². The number of benzene rings is 2. The third-order valence-electron chi connectivity index (χ3n) is 7.13. The number of amides is 1. The molecular formula is C27H31NO4. The van der Waals surface area contributed by atoms with E-state index < -0.39 is 0 Å². The Labute approximate surface area is 189 Å². The van der Waals surface area contributed by atoms with E-state index in [1.165, 1.54) is 22.3 Å². The van der Waals surface area contributed by atoms with Crippen molar-refractivity contribution in [3.05, 3.63) is 59.7 Å². The van der Waals surface area contributed by atoms with Crippen LogP contribution < -0.4 is 0 Å². The van der Waals surface area contributed by atoms with Crippen LogP contribution in [0, 0.1) is 11.8 Å². The van der Waals surface area contributed by atoms with Crippen LogP contribution in [-0.4, -0.2) is 48.7 Å². The minimum absolute atomic E-state index is 0.0222. The van der Waals surface area contributed by atoms with Crippen molar-refractivity contribution < 1.29 is 19.1 Å². The number of nitrogens with zero attached hydrogens (tertiary/aromatic N) is 1. The molecule has 5 nitrogen and oxygen atoms in total. The van der Waals surface area contributed by atoms with Gasteiger partial charge in [-0.15, -0.1) is 0 Å². The summed E-state index contributed by atoms with van der Waals surface area (Å²) in [6.45, 7) is 5.43. The number of fused-ring (bicyclic) bond motifs is 5. The van der Waals surface area contributed by atoms with E-state index >= 15 is 0 Å². The average molecular weight is 434 g/mol. The number of Topliss-reactive ketones (excluding diaryl/α,β-unsaturated/α-hetero) is 1. The Kier molecular flexibility index (Phi) is 5.76. The van der Waals surface area contributed by atoms with Crippen LogP contribution in [0.1, 0.15) is 50.2 Å². The highest BCUT2D eigenvalue weighted by Crippen LogP contribution is 2.44. The monoisotopic (exact) mass is 433 g/mol. The first kappa shape index (κ1) is 21.2. The number of ether oxygens (including phenoxy) is 2. The van der Waals surface area contributed by atoms with Crippen molar-refractivity contribution >= 4 is 11.9 Å². The molecule has 0 N–H and O–H groups in total. The zero-order valence-electron chi connectivity index (χ0n) is 18.8. The molecule has 1 amide bonds. The molecule has 3 aliphatic rings. The van der Waals surface area contributed by atoms with Crippen molar-refractivity contribution in [3.63, 3.8) is 0 Å². The number of carbonyl (C=O) groups excluding carboxylic acids is 2. The van der Waals surface area contributed by atoms with Gasteiger partial charge < -0.3 is 9.47 Å². The number of hydrogen-bond donors (Lipinski definition) is 0. The van der Waals surface area contributed by atoms with Crippen LogP contribution >= 0.6 is 0 Å². The van der Waals surface area contributed by atoms with Gasteiger partial charge in [0, 0.05) is 18.3 Å². The van der Waals surface area contributed by atoms with Crippen molar-refractivity contribution in [2.24, 2.45) is 11.8 Å². The Balaban J connectivity index is 1.29. The highest BCUT2D eigenvalue weighted by molar-refractivity contribution is 5.82. The molecule has 2 bridgehead atoms. The van der Waals surface area contributed by atoms with Crippen molar-refractivity contribution in [2.75, 3.05) is 19.8 Å². The normalized spacial score (nSPS) is 24.2. The van der Waals surface area contributed by atoms with Crippen LogP contribution in [0.15, 0.2) is 48.5 Å². The first-order chi connectivity index (χ1) is 15.5. The second-order valence-electron chi connectivity index (χ2n) is 9.79. The van der Waals surface area contributed by atoms with Crippen molar-refractivity contribution in [2.45, 2.75) is 51.1 Å². The van der Waals surface area contributed by atoms with Crippen LogP contribution in [0.25, 0.3) is 11.1 Å². The minimum Gasteiger partial charge on any atom is -0.448 e. The van der Waals surface area contributed by atoms with Gasteiger partial charge in [0.15, 0.2) is 0 Å². The predicted molar refractivity (Wildman–Crippen MR) is 122 cm³/mol. The standard InChI is InChI=1S/C27H31NO4/c1-17(2)11-26(29)18-12-19-14-31-15-20(13-18)28(19)27(30)32-16-25-23-9-5-3-7-21(23)22-8-4-6-10-24(22)25/h3-10,17-20,25H,11-16H2,1-2H3. The quantitative estimate of drug-likeness (QED) is 0.664. The van der Waals surface area contributed by atoms with E-state index in [0.29, 0.717) is 50.8 Å². The van der Waals surface area contributed by atoms with Crippen LogP contribution in [-0.2, 0) is 14.3 Å². The Morgan fingerprint density at radius 1 is 0.969 bits per heavy atom. The largest absolute Gasteiger partial charge is 0.448 e. The number of rotatable bonds is 5. The summed E-state index contributed by atoms with van der Waals surface area (Å²) in [7, 11) is 0. The van der Waals surface area contributed by atoms with Crippen LogP contribution in [0.4, 0.5) is 4.79 Å². The molecule has 0 aromatic heterocycles. The van der Waals surface area contributed by atoms with Gasteiger partial charge in [0.05, 0.1) is 25.3 Å². The van der Waals surface area contributed by atoms with Gasteiger partial charge in [-0.2, -0.15) is 0 Å². The Hall–Kier alpha value is -2.66. The van der Waals surface area contributed by atoms with Gasteiger partial charge in [-0.25, -0.2) is 4.79 Å². The molecule has 5 rings (SSSR count). The smallest absolute Gasteiger partial charge is 0.410 e. The van der Waals surface area contributed by atoms with Crippen molar-refractivity contribution in [1.29, 1.82) is 0 Å². The number of piperidine rings is 1. The molecule has 2 atom stereocenters. The fourth-order valence-corrected chi connectivity index (χ4v) is 5.71. The summed E-state index contributed by atoms with van der Waals surface area (Å²) in [6, 6.07) is 16.5. The van der Waals surface area contributed by atoms with Gasteiger partial charge in [-0.3, -0.25) is 9.69 Å². The van der Waals surface area contributed by atoms with E-state index in [9.17, 15) is 9.59 Å². The molecule has 2 aliphatic heterocycles. The average Bonchev–Trinajstić information content (AvgIpc) is 3.10. The topological polar surface area (TPSA) is 55.8 Å². The molecule has 2 fully saturated rings. The predicted octanol–water partition coefficient (Wildman–Crippen LogP) is 5.03. The molecule has 32 heavy (non-hydrogen) atoms. The molecule has 1 aliphatic carbocycles. The maximum absolute atomic E-state index is 13.2. The van der Waals surface area contributed by atoms with Crippen LogP contribution in [0.5, 0.6) is 0 Å². The lowest BCUT2D eigenvalue weighted by Gasteiger charge is -2.47. The van der Waals surface area contributed by atoms with Gasteiger partial charge in [-0.05, 0) is 41.0 Å². The fourth-order valence-electron chi connectivity index (χ4n) is 5.71. The molecular weight excluding hydrogens is 402 g/mol. The molecule has 2 heterocycles. The molecule has 0 saturated carbocycles. The maximum Gasteiger partial charge on any atom is 0.410 e. The van der Waals surface area contributed by atoms with Gasteiger partial charge in [0.2, 0.25) is 0 Å². The van der Waals surface area contributed by atoms with E-state index in [0.717, 1.165) is 0 Å². The van der Waals surface area contributed by atoms with Crippen molar-refractivity contribution in [1.82, 2.24) is 4.90 Å². The first-order valence-electron chi connectivity index (χ1n) is 11.8. The fraction of sp³-hybridized carbons (Fsp3) is 0.481. The number of hydrogen-bond acceptors (Lipinski definition) is 4. The zero-order valence-corrected chi connectivity index (χ0v) is 18.8. The first-order valence-corrected chi connectivity index (χ1v) is 11.8. The van der Waals surface area contributed by atoms with E-state index in [-0.39, 0.29) is 30.0 Å². The summed E-state index contributed by atoms with van der Waals surface area (Å²) in [5.41, 5.74) is 4.86. The lowest BCUT2D eigenvalue weighted by molar-refractivity contribution is -0.131. The molecule has 0 spiro atoms. The zero-order chi connectivity index (χ0) is 22.2. The van der Waals surface area contributed by atoms with E-state index in [4.69, 9.17) is 9.47 Å². The summed E-state index contributed by atoms with van der Waals surface area (Å²) in [5, 5.41) is 0. The SMILES string of the molecule is CC(C)CC(=O)C1CC2COCC(C1)N2C(=O)OCC1c2ccccc2-c2ccccc21. The lowest BCUT2D eigenvalue weighted by atomic mass is 9.81. The molecule has 168 valence electrons. The number of morpholine rings is 1. The molecule has 2 saturated heterocycles. The summed E-state index contributed by atoms with van der Waals surface area (Å²) < 4.78 is 11.7. The highest BCUT2D eigenvalue weighted by Gasteiger charge is 2.44. The molecule has 0 radical (unpaired) electrons. The Bertz CT molecular complexity index is 957. The van der Waals surface area contributed by atoms with Crippen molar-refractivity contribution in [3.8, 4) is 11.1 Å². The Morgan fingerprint density at radius 3 is 2.09 bits per heavy atom. The minimum atomic E-state index is -0.278. The molecule has 2 aromatic rings. The van der Waals surface area contributed by atoms with E-state index in [2.05, 4.69) is 50.2 Å². The molecule has 2 unspecified atom stereocenters. The maximum atomic E-state index is 13.2. The summed E-state index contributed by atoms with van der Waals surface area (Å²) in [6.07, 6.45) is 1.67. The second kappa shape index (κ2) is 8.70. The van der Waals surface area contributed by atoms with Gasteiger partial charge in [-0.1, -0.05) is 62.4 Å². The molecule has 2 aromatic carbocycles. The number of ketones is 1. The summed E-state index contributed by atoms with van der Waals surface area (Å²) in [5.74, 6) is 0.754. The van der Waals surface area contributed by atoms with Crippen LogP contribution in [0.2, 0.25) is 0 Å². The summed E-state index contributed by atoms with van der Waals surface area (Å²) in [4.78, 5) is 27.7. The van der Waals surface area contributed by atoms with Gasteiger partial charge >= 0.3 is 6.09 Å². The second-order valence-corrected chi connectivity index (χ2v) is 9.79. The highest BCUT2D eigenvalue weighted by atomic mass is 16.6. The molecule has 5 heteroatoms. The van der Waals surface area contributed by atoms with E-state index in [1.54, 1.807) is 0 Å². The lowest BCUT2D eigenvalue weighted by Crippen LogP contribution is -2.60. The Morgan fingerprint density at radius 2 is 1.53 bits per heavy atom. The van der Waals surface area contributed by atoms with Crippen LogP contribution in [0.3, 0.4) is 0 Å². The van der Waals surface area contributed by atoms with Gasteiger partial charge in [0.25, 0.3) is 0 Å². The summed E-state index contributed by atoms with van der Waals surface area (Å²) >= 11 is 0. The third kappa shape index (κ3) is 3.83.